The first-order valence-corrected chi connectivity index (χ1v) is 7.56. The van der Waals surface area contributed by atoms with E-state index in [1.54, 1.807) is 18.6 Å². The highest BCUT2D eigenvalue weighted by Gasteiger charge is 2.15. The van der Waals surface area contributed by atoms with Crippen LogP contribution in [0.2, 0.25) is 0 Å². The zero-order valence-electron chi connectivity index (χ0n) is 12.5. The highest BCUT2D eigenvalue weighted by molar-refractivity contribution is 5.62. The van der Waals surface area contributed by atoms with Crippen LogP contribution in [0.15, 0.2) is 47.4 Å². The summed E-state index contributed by atoms with van der Waals surface area (Å²) < 4.78 is 5.41. The van der Waals surface area contributed by atoms with E-state index in [1.807, 2.05) is 24.3 Å². The molecule has 0 saturated carbocycles. The van der Waals surface area contributed by atoms with Crippen molar-refractivity contribution < 1.29 is 4.52 Å². The molecule has 1 N–H and O–H groups in total. The Labute approximate surface area is 133 Å². The van der Waals surface area contributed by atoms with Gasteiger partial charge >= 0.3 is 0 Å². The molecule has 0 aliphatic carbocycles. The van der Waals surface area contributed by atoms with Crippen LogP contribution in [0.1, 0.15) is 0 Å². The Morgan fingerprint density at radius 3 is 2.61 bits per heavy atom. The average molecular weight is 308 g/mol. The molecular formula is C16H16N6O. The van der Waals surface area contributed by atoms with Crippen molar-refractivity contribution in [1.82, 2.24) is 25.4 Å². The van der Waals surface area contributed by atoms with Gasteiger partial charge in [0, 0.05) is 55.9 Å². The van der Waals surface area contributed by atoms with Crippen LogP contribution >= 0.6 is 0 Å². The second kappa shape index (κ2) is 6.13. The molecule has 0 aromatic carbocycles. The zero-order valence-corrected chi connectivity index (χ0v) is 12.5. The molecule has 0 unspecified atom stereocenters. The van der Waals surface area contributed by atoms with E-state index < -0.39 is 0 Å². The topological polar surface area (TPSA) is 80.0 Å². The number of nitrogens with zero attached hydrogens (tertiary/aromatic N) is 5. The standard InChI is InChI=1S/C16H16N6O/c1-4-17-5-2-12(1)15-20-16(23-21-15)13-3-6-19-14(11-13)22-9-7-18-8-10-22/h1-6,11,18H,7-10H2. The predicted molar refractivity (Wildman–Crippen MR) is 85.8 cm³/mol. The number of piperazine rings is 1. The molecule has 1 aliphatic heterocycles. The first-order chi connectivity index (χ1) is 11.4. The third kappa shape index (κ3) is 2.91. The fraction of sp³-hybridized carbons (Fsp3) is 0.250. The Balaban J connectivity index is 1.62. The third-order valence-electron chi connectivity index (χ3n) is 3.80. The van der Waals surface area contributed by atoms with Crippen LogP contribution in [-0.2, 0) is 0 Å². The van der Waals surface area contributed by atoms with Crippen LogP contribution < -0.4 is 10.2 Å². The van der Waals surface area contributed by atoms with E-state index in [2.05, 4.69) is 30.3 Å². The highest BCUT2D eigenvalue weighted by atomic mass is 16.5. The predicted octanol–water partition coefficient (Wildman–Crippen LogP) is 1.60. The van der Waals surface area contributed by atoms with E-state index >= 15 is 0 Å². The van der Waals surface area contributed by atoms with Crippen LogP contribution in [0.4, 0.5) is 5.82 Å². The average Bonchev–Trinajstić information content (AvgIpc) is 3.14. The largest absolute Gasteiger partial charge is 0.354 e. The number of hydrogen-bond donors (Lipinski definition) is 1. The van der Waals surface area contributed by atoms with Crippen molar-refractivity contribution in [1.29, 1.82) is 0 Å². The number of aromatic nitrogens is 4. The van der Waals surface area contributed by atoms with Crippen LogP contribution in [-0.4, -0.2) is 46.3 Å². The van der Waals surface area contributed by atoms with Crippen molar-refractivity contribution in [3.8, 4) is 22.8 Å². The lowest BCUT2D eigenvalue weighted by molar-refractivity contribution is 0.432. The molecule has 0 spiro atoms. The molecule has 4 rings (SSSR count). The summed E-state index contributed by atoms with van der Waals surface area (Å²) in [7, 11) is 0. The fourth-order valence-corrected chi connectivity index (χ4v) is 2.58. The normalized spacial score (nSPS) is 14.9. The number of hydrogen-bond acceptors (Lipinski definition) is 7. The van der Waals surface area contributed by atoms with Crippen molar-refractivity contribution in [2.24, 2.45) is 0 Å². The lowest BCUT2D eigenvalue weighted by atomic mass is 10.2. The molecule has 23 heavy (non-hydrogen) atoms. The van der Waals surface area contributed by atoms with Gasteiger partial charge in [-0.05, 0) is 24.3 Å². The minimum absolute atomic E-state index is 0.496. The van der Waals surface area contributed by atoms with Gasteiger partial charge in [-0.15, -0.1) is 0 Å². The van der Waals surface area contributed by atoms with Gasteiger partial charge in [0.05, 0.1) is 0 Å². The first kappa shape index (κ1) is 13.8. The van der Waals surface area contributed by atoms with Gasteiger partial charge in [0.15, 0.2) is 0 Å². The summed E-state index contributed by atoms with van der Waals surface area (Å²) >= 11 is 0. The van der Waals surface area contributed by atoms with E-state index in [0.29, 0.717) is 11.7 Å². The summed E-state index contributed by atoms with van der Waals surface area (Å²) in [6, 6.07) is 7.59. The Morgan fingerprint density at radius 1 is 1.00 bits per heavy atom. The van der Waals surface area contributed by atoms with E-state index in [0.717, 1.165) is 43.1 Å². The van der Waals surface area contributed by atoms with Gasteiger partial charge in [0.1, 0.15) is 5.82 Å². The van der Waals surface area contributed by atoms with Gasteiger partial charge in [-0.3, -0.25) is 4.98 Å². The molecule has 0 atom stereocenters. The maximum atomic E-state index is 5.41. The summed E-state index contributed by atoms with van der Waals surface area (Å²) in [5.74, 6) is 1.99. The Hall–Kier alpha value is -2.80. The molecule has 3 aromatic heterocycles. The first-order valence-electron chi connectivity index (χ1n) is 7.56. The molecule has 116 valence electrons. The summed E-state index contributed by atoms with van der Waals surface area (Å²) in [5.41, 5.74) is 1.76. The number of nitrogens with one attached hydrogen (secondary N) is 1. The van der Waals surface area contributed by atoms with Crippen LogP contribution in [0, 0.1) is 0 Å². The second-order valence-electron chi connectivity index (χ2n) is 5.30. The maximum absolute atomic E-state index is 5.41. The van der Waals surface area contributed by atoms with Gasteiger partial charge in [-0.2, -0.15) is 4.98 Å². The summed E-state index contributed by atoms with van der Waals surface area (Å²) in [5, 5.41) is 7.38. The summed E-state index contributed by atoms with van der Waals surface area (Å²) in [6.45, 7) is 3.84. The maximum Gasteiger partial charge on any atom is 0.258 e. The number of pyridine rings is 2. The van der Waals surface area contributed by atoms with E-state index in [4.69, 9.17) is 4.52 Å². The van der Waals surface area contributed by atoms with Gasteiger partial charge < -0.3 is 14.7 Å². The molecule has 1 fully saturated rings. The third-order valence-corrected chi connectivity index (χ3v) is 3.80. The Bertz CT molecular complexity index is 782. The molecule has 1 aliphatic rings. The van der Waals surface area contributed by atoms with Gasteiger partial charge in [0.2, 0.25) is 5.82 Å². The summed E-state index contributed by atoms with van der Waals surface area (Å²) in [6.07, 6.45) is 5.20. The van der Waals surface area contributed by atoms with Crippen molar-refractivity contribution in [3.05, 3.63) is 42.9 Å². The smallest absolute Gasteiger partial charge is 0.258 e. The molecule has 1 saturated heterocycles. The minimum atomic E-state index is 0.496. The van der Waals surface area contributed by atoms with E-state index in [-0.39, 0.29) is 0 Å². The molecule has 4 heterocycles. The highest BCUT2D eigenvalue weighted by Crippen LogP contribution is 2.24. The van der Waals surface area contributed by atoms with Crippen LogP contribution in [0.3, 0.4) is 0 Å². The molecule has 3 aromatic rings. The Kier molecular flexibility index (Phi) is 3.69. The number of anilines is 1. The van der Waals surface area contributed by atoms with Crippen LogP contribution in [0.5, 0.6) is 0 Å². The fourth-order valence-electron chi connectivity index (χ4n) is 2.58. The van der Waals surface area contributed by atoms with Gasteiger partial charge in [-0.25, -0.2) is 4.98 Å². The lowest BCUT2D eigenvalue weighted by Gasteiger charge is -2.28. The molecule has 0 radical (unpaired) electrons. The SMILES string of the molecule is c1cc(-c2noc(-c3ccnc(N4CCNCC4)c3)n2)ccn1. The van der Waals surface area contributed by atoms with Gasteiger partial charge in [-0.1, -0.05) is 5.16 Å². The molecule has 0 amide bonds. The van der Waals surface area contributed by atoms with E-state index in [1.165, 1.54) is 0 Å². The van der Waals surface area contributed by atoms with Crippen molar-refractivity contribution in [3.63, 3.8) is 0 Å². The Morgan fingerprint density at radius 2 is 1.78 bits per heavy atom. The van der Waals surface area contributed by atoms with Crippen molar-refractivity contribution >= 4 is 5.82 Å². The minimum Gasteiger partial charge on any atom is -0.354 e. The quantitative estimate of drug-likeness (QED) is 0.787. The zero-order chi connectivity index (χ0) is 15.5. The van der Waals surface area contributed by atoms with Crippen LogP contribution in [0.25, 0.3) is 22.8 Å². The van der Waals surface area contributed by atoms with Crippen molar-refractivity contribution in [2.75, 3.05) is 31.1 Å². The van der Waals surface area contributed by atoms with Gasteiger partial charge in [0.25, 0.3) is 5.89 Å². The molecular weight excluding hydrogens is 292 g/mol. The van der Waals surface area contributed by atoms with Crippen molar-refractivity contribution in [2.45, 2.75) is 0 Å². The molecule has 7 heteroatoms. The molecule has 7 nitrogen and oxygen atoms in total. The monoisotopic (exact) mass is 308 g/mol. The second-order valence-corrected chi connectivity index (χ2v) is 5.30. The summed E-state index contributed by atoms with van der Waals surface area (Å²) in [4.78, 5) is 15.2. The lowest BCUT2D eigenvalue weighted by Crippen LogP contribution is -2.43. The molecule has 0 bridgehead atoms. The number of rotatable bonds is 3. The van der Waals surface area contributed by atoms with E-state index in [9.17, 15) is 0 Å².